The van der Waals surface area contributed by atoms with Gasteiger partial charge in [-0.15, -0.1) is 0 Å². The maximum atomic E-state index is 11.0. The second kappa shape index (κ2) is 10.5. The Bertz CT molecular complexity index is 1240. The van der Waals surface area contributed by atoms with Crippen LogP contribution in [-0.2, 0) is 6.42 Å². The molecule has 2 aromatic carbocycles. The summed E-state index contributed by atoms with van der Waals surface area (Å²) >= 11 is 0. The molecule has 34 heavy (non-hydrogen) atoms. The zero-order valence-electron chi connectivity index (χ0n) is 18.8. The van der Waals surface area contributed by atoms with Gasteiger partial charge in [0.1, 0.15) is 5.75 Å². The molecule has 4 rings (SSSR count). The molecule has 0 aliphatic carbocycles. The van der Waals surface area contributed by atoms with Crippen LogP contribution < -0.4 is 14.2 Å². The maximum Gasteiger partial charge on any atom is 0.335 e. The van der Waals surface area contributed by atoms with Crippen molar-refractivity contribution in [1.82, 2.24) is 9.97 Å². The van der Waals surface area contributed by atoms with Crippen LogP contribution >= 0.6 is 0 Å². The summed E-state index contributed by atoms with van der Waals surface area (Å²) in [6, 6.07) is 19.9. The van der Waals surface area contributed by atoms with Gasteiger partial charge >= 0.3 is 5.97 Å². The SMILES string of the molecule is COc1ccc(C(Cc2ccncc2)c2ccc(Oc3ccc(C(=O)O)cc3)nc2)cc1OC. The largest absolute Gasteiger partial charge is 0.493 e. The number of rotatable bonds is 9. The molecule has 2 heterocycles. The fraction of sp³-hybridized carbons (Fsp3) is 0.148. The van der Waals surface area contributed by atoms with Gasteiger partial charge in [-0.3, -0.25) is 4.98 Å². The predicted molar refractivity (Wildman–Crippen MR) is 127 cm³/mol. The normalized spacial score (nSPS) is 11.5. The molecule has 0 fully saturated rings. The average Bonchev–Trinajstić information content (AvgIpc) is 2.88. The number of aromatic carboxylic acids is 1. The van der Waals surface area contributed by atoms with Crippen LogP contribution in [0.3, 0.4) is 0 Å². The minimum atomic E-state index is -0.982. The molecule has 1 N–H and O–H groups in total. The number of hydrogen-bond donors (Lipinski definition) is 1. The van der Waals surface area contributed by atoms with Crippen molar-refractivity contribution in [3.63, 3.8) is 0 Å². The fourth-order valence-electron chi connectivity index (χ4n) is 3.70. The Hall–Kier alpha value is -4.39. The van der Waals surface area contributed by atoms with Gasteiger partial charge in [0.2, 0.25) is 5.88 Å². The predicted octanol–water partition coefficient (Wildman–Crippen LogP) is 5.36. The van der Waals surface area contributed by atoms with Crippen molar-refractivity contribution in [2.75, 3.05) is 14.2 Å². The number of carboxylic acids is 1. The minimum Gasteiger partial charge on any atom is -0.493 e. The first-order valence-electron chi connectivity index (χ1n) is 10.7. The summed E-state index contributed by atoms with van der Waals surface area (Å²) in [6.07, 6.45) is 6.11. The van der Waals surface area contributed by atoms with Gasteiger partial charge in [-0.25, -0.2) is 9.78 Å². The Morgan fingerprint density at radius 3 is 2.21 bits per heavy atom. The van der Waals surface area contributed by atoms with Crippen LogP contribution in [0.15, 0.2) is 85.3 Å². The third kappa shape index (κ3) is 5.32. The van der Waals surface area contributed by atoms with Gasteiger partial charge in [0.15, 0.2) is 11.5 Å². The van der Waals surface area contributed by atoms with Crippen molar-refractivity contribution in [1.29, 1.82) is 0 Å². The molecule has 4 aromatic rings. The summed E-state index contributed by atoms with van der Waals surface area (Å²) in [5, 5.41) is 9.04. The molecule has 0 saturated heterocycles. The molecule has 7 nitrogen and oxygen atoms in total. The van der Waals surface area contributed by atoms with Gasteiger partial charge in [-0.05, 0) is 71.6 Å². The first kappa shape index (κ1) is 22.8. The van der Waals surface area contributed by atoms with E-state index in [4.69, 9.17) is 19.3 Å². The minimum absolute atomic E-state index is 0.0126. The van der Waals surface area contributed by atoms with Crippen molar-refractivity contribution >= 4 is 5.97 Å². The lowest BCUT2D eigenvalue weighted by Gasteiger charge is -2.20. The topological polar surface area (TPSA) is 90.8 Å². The first-order chi connectivity index (χ1) is 16.6. The van der Waals surface area contributed by atoms with Gasteiger partial charge < -0.3 is 19.3 Å². The standard InChI is InChI=1S/C27H24N2O5/c1-32-24-9-5-20(16-25(24)33-2)23(15-18-11-13-28-14-12-18)21-6-10-26(29-17-21)34-22-7-3-19(4-8-22)27(30)31/h3-14,16-17,23H,15H2,1-2H3,(H,30,31). The van der Waals surface area contributed by atoms with Crippen molar-refractivity contribution in [3.8, 4) is 23.1 Å². The monoisotopic (exact) mass is 456 g/mol. The van der Waals surface area contributed by atoms with E-state index >= 15 is 0 Å². The highest BCUT2D eigenvalue weighted by atomic mass is 16.5. The molecule has 0 aliphatic rings. The van der Waals surface area contributed by atoms with E-state index in [1.54, 1.807) is 51.0 Å². The summed E-state index contributed by atoms with van der Waals surface area (Å²) in [6.45, 7) is 0. The molecule has 1 unspecified atom stereocenters. The molecule has 1 atom stereocenters. The lowest BCUT2D eigenvalue weighted by molar-refractivity contribution is 0.0697. The van der Waals surface area contributed by atoms with Gasteiger partial charge in [0, 0.05) is 30.6 Å². The second-order valence-electron chi connectivity index (χ2n) is 7.59. The van der Waals surface area contributed by atoms with Crippen molar-refractivity contribution in [3.05, 3.63) is 108 Å². The number of carboxylic acid groups (broad SMARTS) is 1. The summed E-state index contributed by atoms with van der Waals surface area (Å²) in [4.78, 5) is 19.6. The lowest BCUT2D eigenvalue weighted by Crippen LogP contribution is -2.07. The summed E-state index contributed by atoms with van der Waals surface area (Å²) < 4.78 is 16.7. The molecule has 7 heteroatoms. The highest BCUT2D eigenvalue weighted by Crippen LogP contribution is 2.35. The Kier molecular flexibility index (Phi) is 7.03. The van der Waals surface area contributed by atoms with Crippen LogP contribution in [0.25, 0.3) is 0 Å². The van der Waals surface area contributed by atoms with E-state index < -0.39 is 5.97 Å². The molecule has 0 spiro atoms. The van der Waals surface area contributed by atoms with Crippen LogP contribution in [0.4, 0.5) is 0 Å². The van der Waals surface area contributed by atoms with Crippen molar-refractivity contribution in [2.24, 2.45) is 0 Å². The number of aromatic nitrogens is 2. The van der Waals surface area contributed by atoms with E-state index in [9.17, 15) is 4.79 Å². The van der Waals surface area contributed by atoms with E-state index in [2.05, 4.69) is 9.97 Å². The number of hydrogen-bond acceptors (Lipinski definition) is 6. The maximum absolute atomic E-state index is 11.0. The summed E-state index contributed by atoms with van der Waals surface area (Å²) in [5.41, 5.74) is 3.42. The highest BCUT2D eigenvalue weighted by molar-refractivity contribution is 5.87. The second-order valence-corrected chi connectivity index (χ2v) is 7.59. The molecule has 0 amide bonds. The van der Waals surface area contributed by atoms with Crippen molar-refractivity contribution in [2.45, 2.75) is 12.3 Å². The molecule has 0 aliphatic heterocycles. The van der Waals surface area contributed by atoms with E-state index in [1.165, 1.54) is 12.1 Å². The Labute approximate surface area is 197 Å². The Morgan fingerprint density at radius 1 is 0.882 bits per heavy atom. The molecule has 2 aromatic heterocycles. The quantitative estimate of drug-likeness (QED) is 0.363. The number of methoxy groups -OCH3 is 2. The third-order valence-corrected chi connectivity index (χ3v) is 5.48. The van der Waals surface area contributed by atoms with Gasteiger partial charge in [0.05, 0.1) is 19.8 Å². The molecule has 0 bridgehead atoms. The average molecular weight is 456 g/mol. The van der Waals surface area contributed by atoms with Crippen LogP contribution in [0, 0.1) is 0 Å². The number of carbonyl (C=O) groups is 1. The number of pyridine rings is 2. The first-order valence-corrected chi connectivity index (χ1v) is 10.7. The number of benzene rings is 2. The molecule has 172 valence electrons. The van der Waals surface area contributed by atoms with Crippen LogP contribution in [-0.4, -0.2) is 35.3 Å². The fourth-order valence-corrected chi connectivity index (χ4v) is 3.70. The van der Waals surface area contributed by atoms with E-state index in [-0.39, 0.29) is 11.5 Å². The highest BCUT2D eigenvalue weighted by Gasteiger charge is 2.18. The third-order valence-electron chi connectivity index (χ3n) is 5.48. The number of ether oxygens (including phenoxy) is 3. The molecular weight excluding hydrogens is 432 g/mol. The van der Waals surface area contributed by atoms with E-state index in [0.29, 0.717) is 23.1 Å². The van der Waals surface area contributed by atoms with E-state index in [1.807, 2.05) is 36.4 Å². The lowest BCUT2D eigenvalue weighted by atomic mass is 9.87. The van der Waals surface area contributed by atoms with Crippen LogP contribution in [0.1, 0.15) is 33.0 Å². The zero-order chi connectivity index (χ0) is 23.9. The summed E-state index contributed by atoms with van der Waals surface area (Å²) in [7, 11) is 3.24. The van der Waals surface area contributed by atoms with Crippen LogP contribution in [0.5, 0.6) is 23.1 Å². The number of nitrogens with zero attached hydrogens (tertiary/aromatic N) is 2. The van der Waals surface area contributed by atoms with Gasteiger partial charge in [-0.2, -0.15) is 0 Å². The summed E-state index contributed by atoms with van der Waals surface area (Å²) in [5.74, 6) is 1.30. The van der Waals surface area contributed by atoms with E-state index in [0.717, 1.165) is 23.1 Å². The smallest absolute Gasteiger partial charge is 0.335 e. The molecule has 0 radical (unpaired) electrons. The molecular formula is C27H24N2O5. The van der Waals surface area contributed by atoms with Gasteiger partial charge in [0.25, 0.3) is 0 Å². The van der Waals surface area contributed by atoms with Gasteiger partial charge in [-0.1, -0.05) is 12.1 Å². The van der Waals surface area contributed by atoms with Crippen molar-refractivity contribution < 1.29 is 24.1 Å². The Balaban J connectivity index is 1.61. The van der Waals surface area contributed by atoms with Crippen LogP contribution in [0.2, 0.25) is 0 Å². The molecule has 0 saturated carbocycles. The Morgan fingerprint density at radius 2 is 1.59 bits per heavy atom. The zero-order valence-corrected chi connectivity index (χ0v) is 18.8.